The Kier molecular flexibility index (Phi) is 8.12. The average Bonchev–Trinajstić information content (AvgIpc) is 2.16. The van der Waals surface area contributed by atoms with Crippen molar-refractivity contribution < 1.29 is 0 Å². The molecule has 0 atom stereocenters. The Balaban J connectivity index is 4.43. The number of rotatable bonds is 9. The van der Waals surface area contributed by atoms with Gasteiger partial charge in [-0.15, -0.1) is 0 Å². The van der Waals surface area contributed by atoms with Crippen molar-refractivity contribution in [1.82, 2.24) is 0 Å². The maximum atomic E-state index is 3.87. The van der Waals surface area contributed by atoms with Crippen LogP contribution in [0.15, 0.2) is 38.0 Å². The highest BCUT2D eigenvalue weighted by molar-refractivity contribution is 7.76. The third-order valence-corrected chi connectivity index (χ3v) is 7.08. The summed E-state index contributed by atoms with van der Waals surface area (Å²) < 4.78 is 0. The minimum atomic E-state index is -0.898. The van der Waals surface area contributed by atoms with Gasteiger partial charge in [0.05, 0.1) is 24.6 Å². The van der Waals surface area contributed by atoms with E-state index in [4.69, 9.17) is 0 Å². The first-order valence-electron chi connectivity index (χ1n) is 5.07. The Labute approximate surface area is 92.9 Å². The quantitative estimate of drug-likeness (QED) is 0.319. The number of hydrogen-bond donors (Lipinski definition) is 0. The van der Waals surface area contributed by atoms with Crippen molar-refractivity contribution in [2.45, 2.75) is 12.5 Å². The van der Waals surface area contributed by atoms with Crippen LogP contribution in [0.5, 0.6) is 0 Å². The van der Waals surface area contributed by atoms with E-state index in [1.54, 1.807) is 0 Å². The lowest BCUT2D eigenvalue weighted by molar-refractivity contribution is 1.07. The van der Waals surface area contributed by atoms with E-state index in [1.165, 1.54) is 12.6 Å². The Morgan fingerprint density at radius 2 is 1.36 bits per heavy atom. The first kappa shape index (κ1) is 13.9. The highest BCUT2D eigenvalue weighted by Gasteiger charge is 2.32. The molecule has 14 heavy (non-hydrogen) atoms. The smallest absolute Gasteiger partial charge is 0.0777 e. The second kappa shape index (κ2) is 8.20. The Morgan fingerprint density at radius 1 is 0.929 bits per heavy atom. The van der Waals surface area contributed by atoms with Gasteiger partial charge in [0.2, 0.25) is 0 Å². The zero-order chi connectivity index (χ0) is 10.9. The van der Waals surface area contributed by atoms with Crippen LogP contribution in [0.2, 0.25) is 6.04 Å². The third-order valence-electron chi connectivity index (χ3n) is 2.36. The van der Waals surface area contributed by atoms with Gasteiger partial charge in [0.25, 0.3) is 0 Å². The summed E-state index contributed by atoms with van der Waals surface area (Å²) in [5.41, 5.74) is 0. The van der Waals surface area contributed by atoms with Crippen molar-refractivity contribution in [3.63, 3.8) is 0 Å². The molecule has 0 heterocycles. The fourth-order valence-electron chi connectivity index (χ4n) is 1.73. The number of hydrogen-bond acceptors (Lipinski definition) is 0. The van der Waals surface area contributed by atoms with E-state index in [1.807, 2.05) is 0 Å². The molecule has 0 spiro atoms. The van der Waals surface area contributed by atoms with Gasteiger partial charge in [-0.2, -0.15) is 0 Å². The van der Waals surface area contributed by atoms with Crippen molar-refractivity contribution in [1.29, 1.82) is 0 Å². The molecule has 0 aromatic rings. The van der Waals surface area contributed by atoms with Crippen LogP contribution >= 0.6 is 7.26 Å². The fraction of sp³-hybridized carbons (Fsp3) is 0.500. The van der Waals surface area contributed by atoms with Crippen molar-refractivity contribution in [3.05, 3.63) is 38.0 Å². The predicted molar refractivity (Wildman–Crippen MR) is 72.2 cm³/mol. The molecule has 77 valence electrons. The molecule has 0 saturated carbocycles. The summed E-state index contributed by atoms with van der Waals surface area (Å²) >= 11 is 0. The Morgan fingerprint density at radius 3 is 1.64 bits per heavy atom. The second-order valence-corrected chi connectivity index (χ2v) is 8.31. The monoisotopic (exact) mass is 224 g/mol. The SMILES string of the molecule is C=CC[P+](CC=C)(CC=C)CCC[Si]. The summed E-state index contributed by atoms with van der Waals surface area (Å²) in [7, 11) is 2.64. The van der Waals surface area contributed by atoms with Crippen LogP contribution in [0.25, 0.3) is 0 Å². The van der Waals surface area contributed by atoms with Crippen LogP contribution in [-0.2, 0) is 0 Å². The van der Waals surface area contributed by atoms with Crippen LogP contribution < -0.4 is 0 Å². The molecule has 2 heteroatoms. The van der Waals surface area contributed by atoms with E-state index >= 15 is 0 Å². The van der Waals surface area contributed by atoms with Crippen LogP contribution in [-0.4, -0.2) is 34.9 Å². The summed E-state index contributed by atoms with van der Waals surface area (Å²) in [6, 6.07) is 1.09. The van der Waals surface area contributed by atoms with Gasteiger partial charge < -0.3 is 0 Å². The summed E-state index contributed by atoms with van der Waals surface area (Å²) in [5, 5.41) is 0. The maximum absolute atomic E-state index is 3.87. The Hall–Kier alpha value is -0.133. The zero-order valence-corrected chi connectivity index (χ0v) is 10.9. The van der Waals surface area contributed by atoms with E-state index in [0.717, 1.165) is 24.5 Å². The van der Waals surface area contributed by atoms with E-state index in [-0.39, 0.29) is 0 Å². The minimum absolute atomic E-state index is 0.898. The zero-order valence-electron chi connectivity index (χ0n) is 9.04. The minimum Gasteiger partial charge on any atom is -0.0995 e. The summed E-state index contributed by atoms with van der Waals surface area (Å²) in [4.78, 5) is 0. The van der Waals surface area contributed by atoms with Gasteiger partial charge in [0.1, 0.15) is 0 Å². The molecule has 0 amide bonds. The van der Waals surface area contributed by atoms with E-state index in [2.05, 4.69) is 48.2 Å². The molecule has 3 radical (unpaired) electrons. The topological polar surface area (TPSA) is 0 Å². The second-order valence-electron chi connectivity index (χ2n) is 3.58. The molecule has 0 rings (SSSR count). The van der Waals surface area contributed by atoms with Crippen LogP contribution in [0, 0.1) is 0 Å². The fourth-order valence-corrected chi connectivity index (χ4v) is 5.67. The van der Waals surface area contributed by atoms with Gasteiger partial charge in [0.15, 0.2) is 0 Å². The van der Waals surface area contributed by atoms with Crippen molar-refractivity contribution >= 4 is 17.5 Å². The molecule has 0 N–H and O–H groups in total. The molecule has 0 nitrogen and oxygen atoms in total. The molecule has 0 saturated heterocycles. The standard InChI is InChI=1S/C12H21PSi/c1-4-8-13(9-5-2,10-6-3)11-7-12-14/h4-6H,1-3,7-12H2/q+1. The lowest BCUT2D eigenvalue weighted by atomic mass is 10.6. The molecule has 0 bridgehead atoms. The normalized spacial score (nSPS) is 10.9. The third kappa shape index (κ3) is 4.93. The van der Waals surface area contributed by atoms with Gasteiger partial charge in [-0.1, -0.05) is 44.0 Å². The lowest BCUT2D eigenvalue weighted by Gasteiger charge is -2.23. The molecular formula is C12H21PSi+. The van der Waals surface area contributed by atoms with Crippen molar-refractivity contribution in [2.24, 2.45) is 0 Å². The first-order valence-corrected chi connectivity index (χ1v) is 8.30. The van der Waals surface area contributed by atoms with E-state index in [9.17, 15) is 0 Å². The molecule has 0 aliphatic rings. The highest BCUT2D eigenvalue weighted by atomic mass is 31.2. The lowest BCUT2D eigenvalue weighted by Crippen LogP contribution is -2.08. The number of allylic oxidation sites excluding steroid dienone is 3. The molecule has 0 aliphatic carbocycles. The summed E-state index contributed by atoms with van der Waals surface area (Å²) in [6.45, 7) is 11.6. The summed E-state index contributed by atoms with van der Waals surface area (Å²) in [6.07, 6.45) is 12.3. The van der Waals surface area contributed by atoms with Gasteiger partial charge in [-0.25, -0.2) is 0 Å². The largest absolute Gasteiger partial charge is 0.0995 e. The van der Waals surface area contributed by atoms with Crippen molar-refractivity contribution in [3.8, 4) is 0 Å². The molecule has 0 aromatic carbocycles. The molecule has 0 fully saturated rings. The molecule has 0 aromatic heterocycles. The van der Waals surface area contributed by atoms with E-state index in [0.29, 0.717) is 0 Å². The maximum Gasteiger partial charge on any atom is 0.0777 e. The first-order chi connectivity index (χ1) is 6.74. The van der Waals surface area contributed by atoms with Crippen molar-refractivity contribution in [2.75, 3.05) is 24.6 Å². The van der Waals surface area contributed by atoms with Crippen LogP contribution in [0.3, 0.4) is 0 Å². The van der Waals surface area contributed by atoms with Gasteiger partial charge in [-0.3, -0.25) is 0 Å². The van der Waals surface area contributed by atoms with E-state index < -0.39 is 7.26 Å². The molecule has 0 aliphatic heterocycles. The Bertz CT molecular complexity index is 160. The summed E-state index contributed by atoms with van der Waals surface area (Å²) in [5.74, 6) is 0. The van der Waals surface area contributed by atoms with Crippen LogP contribution in [0.1, 0.15) is 6.42 Å². The van der Waals surface area contributed by atoms with Gasteiger partial charge >= 0.3 is 0 Å². The average molecular weight is 224 g/mol. The molecule has 0 unspecified atom stereocenters. The molecular weight excluding hydrogens is 203 g/mol. The highest BCUT2D eigenvalue weighted by Crippen LogP contribution is 2.59. The van der Waals surface area contributed by atoms with Crippen LogP contribution in [0.4, 0.5) is 0 Å². The predicted octanol–water partition coefficient (Wildman–Crippen LogP) is 3.54. The van der Waals surface area contributed by atoms with Gasteiger partial charge in [0, 0.05) is 17.5 Å². The van der Waals surface area contributed by atoms with Gasteiger partial charge in [-0.05, 0) is 6.42 Å².